The summed E-state index contributed by atoms with van der Waals surface area (Å²) in [5.41, 5.74) is 0. The van der Waals surface area contributed by atoms with Gasteiger partial charge in [-0.1, -0.05) is 13.8 Å². The van der Waals surface area contributed by atoms with Gasteiger partial charge in [-0.15, -0.1) is 0 Å². The number of hydrogen-bond acceptors (Lipinski definition) is 2. The zero-order valence-electron chi connectivity index (χ0n) is 13.4. The summed E-state index contributed by atoms with van der Waals surface area (Å²) in [7, 11) is 2.22. The predicted molar refractivity (Wildman–Crippen MR) is 83.7 cm³/mol. The van der Waals surface area contributed by atoms with Crippen molar-refractivity contribution in [2.24, 2.45) is 10.9 Å². The second-order valence-electron chi connectivity index (χ2n) is 6.07. The van der Waals surface area contributed by atoms with Crippen molar-refractivity contribution in [1.82, 2.24) is 15.5 Å². The molecule has 1 fully saturated rings. The molecule has 0 bridgehead atoms. The third-order valence-electron chi connectivity index (χ3n) is 3.69. The normalized spacial score (nSPS) is 17.9. The number of nitrogens with one attached hydrogen (secondary N) is 2. The highest BCUT2D eigenvalue weighted by Gasteiger charge is 2.28. The highest BCUT2D eigenvalue weighted by atomic mass is 15.2. The fourth-order valence-electron chi connectivity index (χ4n) is 2.01. The van der Waals surface area contributed by atoms with Gasteiger partial charge in [-0.05, 0) is 46.1 Å². The van der Waals surface area contributed by atoms with Crippen molar-refractivity contribution < 1.29 is 0 Å². The Kier molecular flexibility index (Phi) is 7.21. The molecule has 0 heterocycles. The summed E-state index contributed by atoms with van der Waals surface area (Å²) in [6, 6.07) is 1.33. The summed E-state index contributed by atoms with van der Waals surface area (Å²) < 4.78 is 0. The zero-order chi connectivity index (χ0) is 14.3. The van der Waals surface area contributed by atoms with Crippen molar-refractivity contribution >= 4 is 5.96 Å². The largest absolute Gasteiger partial charge is 0.357 e. The Balaban J connectivity index is 2.33. The van der Waals surface area contributed by atoms with E-state index < -0.39 is 0 Å². The number of nitrogens with zero attached hydrogens (tertiary/aromatic N) is 2. The van der Waals surface area contributed by atoms with E-state index in [1.807, 2.05) is 0 Å². The van der Waals surface area contributed by atoms with Crippen LogP contribution in [-0.2, 0) is 0 Å². The molecular weight excluding hydrogens is 236 g/mol. The SMILES string of the molecule is CCNC(=NCC(C)N(C)C1CC1)NCCC(C)C. The first-order valence-electron chi connectivity index (χ1n) is 7.78. The van der Waals surface area contributed by atoms with E-state index in [2.05, 4.69) is 50.3 Å². The monoisotopic (exact) mass is 268 g/mol. The first-order chi connectivity index (χ1) is 9.04. The minimum atomic E-state index is 0.521. The van der Waals surface area contributed by atoms with Crippen LogP contribution in [0.25, 0.3) is 0 Å². The van der Waals surface area contributed by atoms with Gasteiger partial charge in [-0.25, -0.2) is 0 Å². The standard InChI is InChI=1S/C15H32N4/c1-6-16-15(17-10-9-12(2)3)18-11-13(4)19(5)14-7-8-14/h12-14H,6-11H2,1-5H3,(H2,16,17,18). The first-order valence-corrected chi connectivity index (χ1v) is 7.78. The second kappa shape index (κ2) is 8.41. The van der Waals surface area contributed by atoms with Crippen LogP contribution in [0.2, 0.25) is 0 Å². The quantitative estimate of drug-likeness (QED) is 0.523. The van der Waals surface area contributed by atoms with Crippen LogP contribution in [-0.4, -0.2) is 49.6 Å². The number of likely N-dealkylation sites (N-methyl/N-ethyl adjacent to an activating group) is 1. The van der Waals surface area contributed by atoms with E-state index in [0.29, 0.717) is 6.04 Å². The molecule has 1 aliphatic carbocycles. The molecule has 1 saturated carbocycles. The van der Waals surface area contributed by atoms with Crippen LogP contribution in [0.5, 0.6) is 0 Å². The van der Waals surface area contributed by atoms with E-state index in [-0.39, 0.29) is 0 Å². The molecule has 1 atom stereocenters. The Morgan fingerprint density at radius 3 is 2.47 bits per heavy atom. The lowest BCUT2D eigenvalue weighted by atomic mass is 10.1. The third-order valence-corrected chi connectivity index (χ3v) is 3.69. The maximum absolute atomic E-state index is 4.69. The lowest BCUT2D eigenvalue weighted by Crippen LogP contribution is -2.40. The molecule has 0 radical (unpaired) electrons. The van der Waals surface area contributed by atoms with Crippen molar-refractivity contribution in [1.29, 1.82) is 0 Å². The van der Waals surface area contributed by atoms with Gasteiger partial charge in [-0.3, -0.25) is 9.89 Å². The van der Waals surface area contributed by atoms with Crippen LogP contribution in [0, 0.1) is 5.92 Å². The maximum Gasteiger partial charge on any atom is 0.191 e. The molecule has 4 nitrogen and oxygen atoms in total. The first kappa shape index (κ1) is 16.3. The zero-order valence-corrected chi connectivity index (χ0v) is 13.4. The summed E-state index contributed by atoms with van der Waals surface area (Å²) in [4.78, 5) is 7.15. The molecule has 0 aromatic heterocycles. The van der Waals surface area contributed by atoms with Crippen LogP contribution >= 0.6 is 0 Å². The average Bonchev–Trinajstić information content (AvgIpc) is 3.18. The minimum Gasteiger partial charge on any atom is -0.357 e. The molecule has 2 N–H and O–H groups in total. The smallest absolute Gasteiger partial charge is 0.191 e. The van der Waals surface area contributed by atoms with E-state index >= 15 is 0 Å². The lowest BCUT2D eigenvalue weighted by molar-refractivity contribution is 0.253. The number of rotatable bonds is 8. The van der Waals surface area contributed by atoms with Gasteiger partial charge in [0.25, 0.3) is 0 Å². The molecule has 1 rings (SSSR count). The van der Waals surface area contributed by atoms with Crippen LogP contribution in [0.3, 0.4) is 0 Å². The summed E-state index contributed by atoms with van der Waals surface area (Å²) >= 11 is 0. The molecule has 19 heavy (non-hydrogen) atoms. The van der Waals surface area contributed by atoms with Gasteiger partial charge < -0.3 is 10.6 Å². The number of guanidine groups is 1. The number of hydrogen-bond donors (Lipinski definition) is 2. The molecule has 0 amide bonds. The van der Waals surface area contributed by atoms with Gasteiger partial charge >= 0.3 is 0 Å². The van der Waals surface area contributed by atoms with Gasteiger partial charge in [0.1, 0.15) is 0 Å². The van der Waals surface area contributed by atoms with Crippen LogP contribution in [0.1, 0.15) is 47.0 Å². The second-order valence-corrected chi connectivity index (χ2v) is 6.07. The molecule has 0 saturated heterocycles. The highest BCUT2D eigenvalue weighted by Crippen LogP contribution is 2.26. The van der Waals surface area contributed by atoms with Crippen LogP contribution in [0.4, 0.5) is 0 Å². The van der Waals surface area contributed by atoms with Gasteiger partial charge in [0, 0.05) is 25.2 Å². The van der Waals surface area contributed by atoms with Gasteiger partial charge in [0.2, 0.25) is 0 Å². The van der Waals surface area contributed by atoms with Gasteiger partial charge in [-0.2, -0.15) is 0 Å². The molecular formula is C15H32N4. The Morgan fingerprint density at radius 2 is 1.95 bits per heavy atom. The minimum absolute atomic E-state index is 0.521. The predicted octanol–water partition coefficient (Wildman–Crippen LogP) is 2.07. The summed E-state index contributed by atoms with van der Waals surface area (Å²) in [5, 5.41) is 6.73. The van der Waals surface area contributed by atoms with Crippen molar-refractivity contribution in [3.05, 3.63) is 0 Å². The van der Waals surface area contributed by atoms with Crippen LogP contribution < -0.4 is 10.6 Å². The van der Waals surface area contributed by atoms with Crippen LogP contribution in [0.15, 0.2) is 4.99 Å². The molecule has 1 aliphatic rings. The van der Waals surface area contributed by atoms with Gasteiger partial charge in [0.05, 0.1) is 6.54 Å². The van der Waals surface area contributed by atoms with Crippen molar-refractivity contribution in [3.63, 3.8) is 0 Å². The Bertz CT molecular complexity index is 271. The molecule has 0 aromatic carbocycles. The molecule has 0 aliphatic heterocycles. The Morgan fingerprint density at radius 1 is 1.26 bits per heavy atom. The molecule has 4 heteroatoms. The average molecular weight is 268 g/mol. The molecule has 0 aromatic rings. The fourth-order valence-corrected chi connectivity index (χ4v) is 2.01. The van der Waals surface area contributed by atoms with E-state index in [9.17, 15) is 0 Å². The topological polar surface area (TPSA) is 39.7 Å². The van der Waals surface area contributed by atoms with Gasteiger partial charge in [0.15, 0.2) is 5.96 Å². The number of aliphatic imine (C=N–C) groups is 1. The van der Waals surface area contributed by atoms with E-state index in [1.165, 1.54) is 19.3 Å². The summed E-state index contributed by atoms with van der Waals surface area (Å²) in [6.07, 6.45) is 3.90. The summed E-state index contributed by atoms with van der Waals surface area (Å²) in [5.74, 6) is 1.69. The van der Waals surface area contributed by atoms with E-state index in [0.717, 1.165) is 37.6 Å². The van der Waals surface area contributed by atoms with E-state index in [4.69, 9.17) is 4.99 Å². The van der Waals surface area contributed by atoms with Crippen molar-refractivity contribution in [2.75, 3.05) is 26.7 Å². The highest BCUT2D eigenvalue weighted by molar-refractivity contribution is 5.79. The Hall–Kier alpha value is -0.770. The molecule has 0 spiro atoms. The molecule has 1 unspecified atom stereocenters. The van der Waals surface area contributed by atoms with E-state index in [1.54, 1.807) is 0 Å². The lowest BCUT2D eigenvalue weighted by Gasteiger charge is -2.23. The third kappa shape index (κ3) is 6.81. The summed E-state index contributed by atoms with van der Waals surface area (Å²) in [6.45, 7) is 11.6. The maximum atomic E-state index is 4.69. The Labute approximate surface area is 119 Å². The van der Waals surface area contributed by atoms with Crippen molar-refractivity contribution in [2.45, 2.75) is 59.0 Å². The van der Waals surface area contributed by atoms with Crippen molar-refractivity contribution in [3.8, 4) is 0 Å². The molecule has 112 valence electrons. The fraction of sp³-hybridized carbons (Fsp3) is 0.933.